The Morgan fingerprint density at radius 1 is 1.14 bits per heavy atom. The first-order valence-corrected chi connectivity index (χ1v) is 6.61. The number of phenolic OH excluding ortho intramolecular Hbond substituents is 3. The SMILES string of the molecule is COc1ccc(C2COc3cc(O)cc(O)c3C2=O)cc1O. The Balaban J connectivity index is 2.01. The van der Waals surface area contributed by atoms with Crippen LogP contribution in [0, 0.1) is 0 Å². The minimum Gasteiger partial charge on any atom is -0.508 e. The van der Waals surface area contributed by atoms with Crippen molar-refractivity contribution in [3.8, 4) is 28.7 Å². The molecule has 0 amide bonds. The maximum absolute atomic E-state index is 12.6. The number of methoxy groups -OCH3 is 1. The van der Waals surface area contributed by atoms with Gasteiger partial charge in [0, 0.05) is 12.1 Å². The molecule has 0 radical (unpaired) electrons. The van der Waals surface area contributed by atoms with E-state index in [0.29, 0.717) is 11.3 Å². The maximum atomic E-state index is 12.6. The van der Waals surface area contributed by atoms with E-state index in [4.69, 9.17) is 9.47 Å². The lowest BCUT2D eigenvalue weighted by Crippen LogP contribution is -2.26. The molecular formula is C16H14O6. The lowest BCUT2D eigenvalue weighted by Gasteiger charge is -2.25. The van der Waals surface area contributed by atoms with Gasteiger partial charge in [0.1, 0.15) is 29.4 Å². The first-order valence-electron chi connectivity index (χ1n) is 6.61. The van der Waals surface area contributed by atoms with Crippen LogP contribution >= 0.6 is 0 Å². The van der Waals surface area contributed by atoms with Crippen LogP contribution in [0.4, 0.5) is 0 Å². The molecular weight excluding hydrogens is 288 g/mol. The fourth-order valence-electron chi connectivity index (χ4n) is 2.54. The van der Waals surface area contributed by atoms with E-state index in [9.17, 15) is 20.1 Å². The zero-order chi connectivity index (χ0) is 15.9. The predicted molar refractivity (Wildman–Crippen MR) is 77.0 cm³/mol. The van der Waals surface area contributed by atoms with E-state index in [2.05, 4.69) is 0 Å². The first-order chi connectivity index (χ1) is 10.5. The van der Waals surface area contributed by atoms with Gasteiger partial charge in [-0.25, -0.2) is 0 Å². The van der Waals surface area contributed by atoms with E-state index in [1.807, 2.05) is 0 Å². The first kappa shape index (κ1) is 14.1. The van der Waals surface area contributed by atoms with Gasteiger partial charge in [0.25, 0.3) is 0 Å². The van der Waals surface area contributed by atoms with E-state index in [1.54, 1.807) is 12.1 Å². The smallest absolute Gasteiger partial charge is 0.181 e. The van der Waals surface area contributed by atoms with E-state index in [1.165, 1.54) is 19.2 Å². The van der Waals surface area contributed by atoms with Crippen molar-refractivity contribution in [2.75, 3.05) is 13.7 Å². The van der Waals surface area contributed by atoms with Crippen LogP contribution in [0.25, 0.3) is 0 Å². The number of benzene rings is 2. The molecule has 0 bridgehead atoms. The Morgan fingerprint density at radius 3 is 2.59 bits per heavy atom. The Kier molecular flexibility index (Phi) is 3.29. The molecule has 0 saturated carbocycles. The minimum atomic E-state index is -0.653. The molecule has 1 unspecified atom stereocenters. The number of ketones is 1. The van der Waals surface area contributed by atoms with Crippen LogP contribution in [0.2, 0.25) is 0 Å². The third-order valence-electron chi connectivity index (χ3n) is 3.64. The third kappa shape index (κ3) is 2.18. The van der Waals surface area contributed by atoms with Crippen molar-refractivity contribution in [3.05, 3.63) is 41.5 Å². The summed E-state index contributed by atoms with van der Waals surface area (Å²) in [4.78, 5) is 12.6. The maximum Gasteiger partial charge on any atom is 0.181 e. The van der Waals surface area contributed by atoms with E-state index in [0.717, 1.165) is 6.07 Å². The number of rotatable bonds is 2. The molecule has 1 heterocycles. The average Bonchev–Trinajstić information content (AvgIpc) is 2.46. The van der Waals surface area contributed by atoms with Gasteiger partial charge in [-0.05, 0) is 17.7 Å². The van der Waals surface area contributed by atoms with Crippen molar-refractivity contribution in [1.82, 2.24) is 0 Å². The summed E-state index contributed by atoms with van der Waals surface area (Å²) < 4.78 is 10.4. The number of aromatic hydroxyl groups is 3. The number of ether oxygens (including phenoxy) is 2. The number of Topliss-reactive ketones (excluding diaryl/α,β-unsaturated/α-hetero) is 1. The van der Waals surface area contributed by atoms with Crippen molar-refractivity contribution in [1.29, 1.82) is 0 Å². The number of carbonyl (C=O) groups is 1. The molecule has 0 spiro atoms. The highest BCUT2D eigenvalue weighted by atomic mass is 16.5. The van der Waals surface area contributed by atoms with Crippen LogP contribution in [0.15, 0.2) is 30.3 Å². The van der Waals surface area contributed by atoms with Gasteiger partial charge >= 0.3 is 0 Å². The van der Waals surface area contributed by atoms with Gasteiger partial charge in [0.15, 0.2) is 17.3 Å². The highest BCUT2D eigenvalue weighted by molar-refractivity contribution is 6.06. The second kappa shape index (κ2) is 5.14. The zero-order valence-electron chi connectivity index (χ0n) is 11.7. The molecule has 0 fully saturated rings. The van der Waals surface area contributed by atoms with Crippen LogP contribution in [0.3, 0.4) is 0 Å². The fourth-order valence-corrected chi connectivity index (χ4v) is 2.54. The monoisotopic (exact) mass is 302 g/mol. The molecule has 2 aromatic carbocycles. The number of carbonyl (C=O) groups excluding carboxylic acids is 1. The van der Waals surface area contributed by atoms with Gasteiger partial charge < -0.3 is 24.8 Å². The largest absolute Gasteiger partial charge is 0.508 e. The lowest BCUT2D eigenvalue weighted by molar-refractivity contribution is 0.0892. The summed E-state index contributed by atoms with van der Waals surface area (Å²) in [6.45, 7) is 0.0560. The lowest BCUT2D eigenvalue weighted by atomic mass is 9.88. The molecule has 1 aliphatic rings. The topological polar surface area (TPSA) is 96.2 Å². The van der Waals surface area contributed by atoms with Crippen LogP contribution in [-0.4, -0.2) is 34.8 Å². The fraction of sp³-hybridized carbons (Fsp3) is 0.188. The standard InChI is InChI=1S/C16H14O6/c1-21-13-3-2-8(4-11(13)18)10-7-22-14-6-9(17)5-12(19)15(14)16(10)20/h2-6,10,17-19H,7H2,1H3. The Labute approximate surface area is 126 Å². The summed E-state index contributed by atoms with van der Waals surface area (Å²) in [7, 11) is 1.43. The van der Waals surface area contributed by atoms with E-state index < -0.39 is 5.92 Å². The highest BCUT2D eigenvalue weighted by Crippen LogP contribution is 2.41. The van der Waals surface area contributed by atoms with Gasteiger partial charge in [-0.1, -0.05) is 6.07 Å². The zero-order valence-corrected chi connectivity index (χ0v) is 11.7. The molecule has 22 heavy (non-hydrogen) atoms. The van der Waals surface area contributed by atoms with Gasteiger partial charge in [-0.15, -0.1) is 0 Å². The molecule has 2 aromatic rings. The van der Waals surface area contributed by atoms with Gasteiger partial charge in [-0.2, -0.15) is 0 Å². The quantitative estimate of drug-likeness (QED) is 0.787. The van der Waals surface area contributed by atoms with Gasteiger partial charge in [-0.3, -0.25) is 4.79 Å². The Hall–Kier alpha value is -2.89. The number of hydrogen-bond donors (Lipinski definition) is 3. The van der Waals surface area contributed by atoms with Crippen molar-refractivity contribution in [3.63, 3.8) is 0 Å². The van der Waals surface area contributed by atoms with Crippen LogP contribution in [-0.2, 0) is 0 Å². The van der Waals surface area contributed by atoms with Gasteiger partial charge in [0.2, 0.25) is 0 Å². The van der Waals surface area contributed by atoms with Crippen molar-refractivity contribution in [2.45, 2.75) is 5.92 Å². The molecule has 0 saturated heterocycles. The van der Waals surface area contributed by atoms with Crippen molar-refractivity contribution >= 4 is 5.78 Å². The Bertz CT molecular complexity index is 753. The molecule has 6 heteroatoms. The molecule has 3 rings (SSSR count). The summed E-state index contributed by atoms with van der Waals surface area (Å²) in [6, 6.07) is 7.03. The molecule has 6 nitrogen and oxygen atoms in total. The summed E-state index contributed by atoms with van der Waals surface area (Å²) in [5.74, 6) is -1.11. The molecule has 0 aliphatic carbocycles. The van der Waals surface area contributed by atoms with Crippen LogP contribution in [0.1, 0.15) is 21.8 Å². The molecule has 3 N–H and O–H groups in total. The number of phenols is 3. The van der Waals surface area contributed by atoms with Crippen molar-refractivity contribution < 1.29 is 29.6 Å². The number of hydrogen-bond acceptors (Lipinski definition) is 6. The minimum absolute atomic E-state index is 0.0318. The molecule has 1 aliphatic heterocycles. The van der Waals surface area contributed by atoms with E-state index in [-0.39, 0.29) is 41.0 Å². The van der Waals surface area contributed by atoms with E-state index >= 15 is 0 Å². The second-order valence-electron chi connectivity index (χ2n) is 5.00. The summed E-state index contributed by atoms with van der Waals surface area (Å²) in [5, 5.41) is 29.1. The number of fused-ring (bicyclic) bond motifs is 1. The molecule has 0 aromatic heterocycles. The third-order valence-corrected chi connectivity index (χ3v) is 3.64. The predicted octanol–water partition coefficient (Wildman–Crippen LogP) is 2.17. The highest BCUT2D eigenvalue weighted by Gasteiger charge is 2.33. The van der Waals surface area contributed by atoms with Crippen molar-refractivity contribution in [2.24, 2.45) is 0 Å². The Morgan fingerprint density at radius 2 is 1.91 bits per heavy atom. The second-order valence-corrected chi connectivity index (χ2v) is 5.00. The summed E-state index contributed by atoms with van der Waals surface area (Å²) in [6.07, 6.45) is 0. The average molecular weight is 302 g/mol. The van der Waals surface area contributed by atoms with Crippen LogP contribution < -0.4 is 9.47 Å². The van der Waals surface area contributed by atoms with Gasteiger partial charge in [0.05, 0.1) is 13.0 Å². The molecule has 1 atom stereocenters. The summed E-state index contributed by atoms with van der Waals surface area (Å²) >= 11 is 0. The summed E-state index contributed by atoms with van der Waals surface area (Å²) in [5.41, 5.74) is 0.589. The normalized spacial score (nSPS) is 16.8. The molecule has 114 valence electrons. The van der Waals surface area contributed by atoms with Crippen LogP contribution in [0.5, 0.6) is 28.7 Å².